The number of nitrogens with one attached hydrogen (secondary N) is 2. The number of carbonyl (C=O) groups excluding carboxylic acids is 3. The molecule has 1 aromatic carbocycles. The second kappa shape index (κ2) is 11.2. The van der Waals surface area contributed by atoms with Crippen LogP contribution in [0.25, 0.3) is 0 Å². The highest BCUT2D eigenvalue weighted by Gasteiger charge is 2.18. The predicted octanol–water partition coefficient (Wildman–Crippen LogP) is 1.51. The van der Waals surface area contributed by atoms with E-state index in [1.165, 1.54) is 0 Å². The van der Waals surface area contributed by atoms with E-state index in [2.05, 4.69) is 10.6 Å². The highest BCUT2D eigenvalue weighted by atomic mass is 16.6. The van der Waals surface area contributed by atoms with Crippen LogP contribution in [0.1, 0.15) is 39.2 Å². The number of esters is 1. The molecular weight excluding hydrogens is 352 g/mol. The maximum Gasteiger partial charge on any atom is 0.407 e. The standard InChI is InChI=1S/C19H28N2O6/c1-19(2,3)27-18(25)21-12-15(22)11-16(23)20-10-9-17(24)26-13-14-7-5-4-6-8-14/h4-8,15,22H,9-13H2,1-3H3,(H,20,23)(H,21,25). The van der Waals surface area contributed by atoms with Crippen LogP contribution in [-0.4, -0.2) is 47.9 Å². The van der Waals surface area contributed by atoms with Gasteiger partial charge in [0.2, 0.25) is 5.91 Å². The average molecular weight is 380 g/mol. The molecule has 8 heteroatoms. The van der Waals surface area contributed by atoms with E-state index in [0.717, 1.165) is 5.56 Å². The lowest BCUT2D eigenvalue weighted by atomic mass is 10.2. The van der Waals surface area contributed by atoms with Crippen LogP contribution >= 0.6 is 0 Å². The number of hydrogen-bond donors (Lipinski definition) is 3. The van der Waals surface area contributed by atoms with E-state index in [1.807, 2.05) is 30.3 Å². The van der Waals surface area contributed by atoms with Crippen molar-refractivity contribution < 1.29 is 29.0 Å². The number of amides is 2. The van der Waals surface area contributed by atoms with E-state index in [0.29, 0.717) is 0 Å². The van der Waals surface area contributed by atoms with Gasteiger partial charge in [-0.05, 0) is 26.3 Å². The summed E-state index contributed by atoms with van der Waals surface area (Å²) in [5.41, 5.74) is 0.247. The number of aliphatic hydroxyl groups excluding tert-OH is 1. The van der Waals surface area contributed by atoms with Crippen LogP contribution in [0.2, 0.25) is 0 Å². The molecule has 1 unspecified atom stereocenters. The summed E-state index contributed by atoms with van der Waals surface area (Å²) < 4.78 is 10.1. The lowest BCUT2D eigenvalue weighted by Crippen LogP contribution is -2.39. The molecule has 0 aliphatic heterocycles. The Bertz CT molecular complexity index is 612. The minimum absolute atomic E-state index is 0.0326. The van der Waals surface area contributed by atoms with E-state index < -0.39 is 29.7 Å². The fourth-order valence-electron chi connectivity index (χ4n) is 1.99. The molecule has 1 rings (SSSR count). The molecule has 0 fully saturated rings. The van der Waals surface area contributed by atoms with Gasteiger partial charge in [0.25, 0.3) is 0 Å². The lowest BCUT2D eigenvalue weighted by Gasteiger charge is -2.20. The smallest absolute Gasteiger partial charge is 0.407 e. The summed E-state index contributed by atoms with van der Waals surface area (Å²) >= 11 is 0. The van der Waals surface area contributed by atoms with Crippen molar-refractivity contribution in [3.05, 3.63) is 35.9 Å². The third-order valence-corrected chi connectivity index (χ3v) is 3.20. The number of rotatable bonds is 9. The molecule has 0 spiro atoms. The molecule has 150 valence electrons. The zero-order chi connectivity index (χ0) is 20.3. The van der Waals surface area contributed by atoms with Crippen molar-refractivity contribution in [2.75, 3.05) is 13.1 Å². The molecule has 3 N–H and O–H groups in total. The Morgan fingerprint density at radius 3 is 2.41 bits per heavy atom. The van der Waals surface area contributed by atoms with Crippen molar-refractivity contribution in [3.8, 4) is 0 Å². The Morgan fingerprint density at radius 1 is 1.11 bits per heavy atom. The molecule has 0 radical (unpaired) electrons. The van der Waals surface area contributed by atoms with Crippen LogP contribution in [0.5, 0.6) is 0 Å². The number of hydrogen-bond acceptors (Lipinski definition) is 6. The van der Waals surface area contributed by atoms with E-state index >= 15 is 0 Å². The second-order valence-corrected chi connectivity index (χ2v) is 6.99. The van der Waals surface area contributed by atoms with Crippen LogP contribution in [-0.2, 0) is 25.7 Å². The number of benzene rings is 1. The van der Waals surface area contributed by atoms with Gasteiger partial charge in [0.05, 0.1) is 18.9 Å². The van der Waals surface area contributed by atoms with Crippen molar-refractivity contribution >= 4 is 18.0 Å². The molecule has 8 nitrogen and oxygen atoms in total. The first-order valence-electron chi connectivity index (χ1n) is 8.77. The molecule has 0 aliphatic rings. The molecule has 0 heterocycles. The van der Waals surface area contributed by atoms with Gasteiger partial charge in [-0.25, -0.2) is 4.79 Å². The molecule has 0 aromatic heterocycles. The summed E-state index contributed by atoms with van der Waals surface area (Å²) in [7, 11) is 0. The van der Waals surface area contributed by atoms with Crippen LogP contribution in [0.3, 0.4) is 0 Å². The highest BCUT2D eigenvalue weighted by Crippen LogP contribution is 2.06. The van der Waals surface area contributed by atoms with Crippen molar-refractivity contribution in [2.24, 2.45) is 0 Å². The van der Waals surface area contributed by atoms with Gasteiger partial charge in [0.1, 0.15) is 12.2 Å². The lowest BCUT2D eigenvalue weighted by molar-refractivity contribution is -0.144. The summed E-state index contributed by atoms with van der Waals surface area (Å²) in [4.78, 5) is 34.8. The van der Waals surface area contributed by atoms with Gasteiger partial charge in [-0.1, -0.05) is 30.3 Å². The second-order valence-electron chi connectivity index (χ2n) is 6.99. The van der Waals surface area contributed by atoms with Crippen molar-refractivity contribution in [3.63, 3.8) is 0 Å². The summed E-state index contributed by atoms with van der Waals surface area (Å²) in [5.74, 6) is -0.851. The van der Waals surface area contributed by atoms with Crippen molar-refractivity contribution in [1.82, 2.24) is 10.6 Å². The van der Waals surface area contributed by atoms with Gasteiger partial charge in [-0.15, -0.1) is 0 Å². The van der Waals surface area contributed by atoms with Crippen LogP contribution in [0, 0.1) is 0 Å². The first-order chi connectivity index (χ1) is 12.7. The first-order valence-corrected chi connectivity index (χ1v) is 8.77. The molecule has 0 bridgehead atoms. The fraction of sp³-hybridized carbons (Fsp3) is 0.526. The van der Waals surface area contributed by atoms with E-state index in [-0.39, 0.29) is 32.5 Å². The maximum absolute atomic E-state index is 11.7. The monoisotopic (exact) mass is 380 g/mol. The Hall–Kier alpha value is -2.61. The maximum atomic E-state index is 11.7. The van der Waals surface area contributed by atoms with E-state index in [9.17, 15) is 19.5 Å². The largest absolute Gasteiger partial charge is 0.461 e. The fourth-order valence-corrected chi connectivity index (χ4v) is 1.99. The quantitative estimate of drug-likeness (QED) is 0.560. The Morgan fingerprint density at radius 2 is 1.78 bits per heavy atom. The Labute approximate surface area is 159 Å². The number of carbonyl (C=O) groups is 3. The summed E-state index contributed by atoms with van der Waals surface area (Å²) in [6, 6.07) is 9.28. The number of alkyl carbamates (subject to hydrolysis) is 1. The minimum Gasteiger partial charge on any atom is -0.461 e. The molecule has 1 atom stereocenters. The number of ether oxygens (including phenoxy) is 2. The van der Waals surface area contributed by atoms with Crippen LogP contribution < -0.4 is 10.6 Å². The van der Waals surface area contributed by atoms with E-state index in [4.69, 9.17) is 9.47 Å². The van der Waals surface area contributed by atoms with Crippen molar-refractivity contribution in [1.29, 1.82) is 0 Å². The van der Waals surface area contributed by atoms with E-state index in [1.54, 1.807) is 20.8 Å². The number of aliphatic hydroxyl groups is 1. The Balaban J connectivity index is 2.13. The first kappa shape index (κ1) is 22.4. The third kappa shape index (κ3) is 11.6. The van der Waals surface area contributed by atoms with Crippen LogP contribution in [0.4, 0.5) is 4.79 Å². The molecular formula is C19H28N2O6. The predicted molar refractivity (Wildman–Crippen MR) is 98.7 cm³/mol. The zero-order valence-electron chi connectivity index (χ0n) is 16.0. The molecule has 1 aromatic rings. The summed E-state index contributed by atoms with van der Waals surface area (Å²) in [5, 5.41) is 14.7. The zero-order valence-corrected chi connectivity index (χ0v) is 16.0. The van der Waals surface area contributed by atoms with Gasteiger partial charge in [-0.2, -0.15) is 0 Å². The van der Waals surface area contributed by atoms with Gasteiger partial charge in [0, 0.05) is 13.1 Å². The van der Waals surface area contributed by atoms with Gasteiger partial charge in [0.15, 0.2) is 0 Å². The average Bonchev–Trinajstić information content (AvgIpc) is 2.57. The molecule has 0 saturated heterocycles. The SMILES string of the molecule is CC(C)(C)OC(=O)NCC(O)CC(=O)NCCC(=O)OCc1ccccc1. The Kier molecular flexibility index (Phi) is 9.29. The molecule has 2 amide bonds. The topological polar surface area (TPSA) is 114 Å². The summed E-state index contributed by atoms with van der Waals surface area (Å²) in [6.07, 6.45) is -1.88. The van der Waals surface area contributed by atoms with Gasteiger partial charge in [-0.3, -0.25) is 9.59 Å². The summed E-state index contributed by atoms with van der Waals surface area (Å²) in [6.45, 7) is 5.35. The third-order valence-electron chi connectivity index (χ3n) is 3.20. The van der Waals surface area contributed by atoms with Crippen LogP contribution in [0.15, 0.2) is 30.3 Å². The molecule has 27 heavy (non-hydrogen) atoms. The molecule has 0 aliphatic carbocycles. The van der Waals surface area contributed by atoms with Gasteiger partial charge >= 0.3 is 12.1 Å². The minimum atomic E-state index is -1.05. The highest BCUT2D eigenvalue weighted by molar-refractivity contribution is 5.77. The van der Waals surface area contributed by atoms with Gasteiger partial charge < -0.3 is 25.2 Å². The molecule has 0 saturated carbocycles. The normalized spacial score (nSPS) is 12.0. The van der Waals surface area contributed by atoms with Crippen molar-refractivity contribution in [2.45, 2.75) is 51.9 Å².